The maximum atomic E-state index is 14.3. The summed E-state index contributed by atoms with van der Waals surface area (Å²) in [5.41, 5.74) is 2.30. The smallest absolute Gasteiger partial charge is 0.325 e. The second-order valence-electron chi connectivity index (χ2n) is 7.82. The van der Waals surface area contributed by atoms with E-state index in [0.717, 1.165) is 21.4 Å². The number of benzene rings is 2. The van der Waals surface area contributed by atoms with Crippen molar-refractivity contribution in [1.82, 2.24) is 20.1 Å². The number of H-pyrrole nitrogens is 1. The number of halogens is 1. The first kappa shape index (κ1) is 20.6. The summed E-state index contributed by atoms with van der Waals surface area (Å²) in [4.78, 5) is 44.1. The summed E-state index contributed by atoms with van der Waals surface area (Å²) in [7, 11) is 0. The normalized spacial score (nSPS) is 20.9. The Balaban J connectivity index is 1.29. The van der Waals surface area contributed by atoms with E-state index >= 15 is 0 Å². The summed E-state index contributed by atoms with van der Waals surface area (Å²) in [6, 6.07) is 12.8. The monoisotopic (exact) mass is 452 g/mol. The molecule has 0 spiro atoms. The topological polar surface area (TPSA) is 85.5 Å². The molecule has 2 saturated heterocycles. The molecule has 3 aromatic rings. The first-order valence-electron chi connectivity index (χ1n) is 10.4. The first-order valence-corrected chi connectivity index (χ1v) is 11.4. The van der Waals surface area contributed by atoms with Crippen molar-refractivity contribution in [2.24, 2.45) is 0 Å². The van der Waals surface area contributed by atoms with Gasteiger partial charge in [-0.1, -0.05) is 36.4 Å². The van der Waals surface area contributed by atoms with Crippen LogP contribution in [0.4, 0.5) is 9.18 Å². The summed E-state index contributed by atoms with van der Waals surface area (Å²) in [5.74, 6) is -0.519. The number of imide groups is 1. The first-order chi connectivity index (χ1) is 15.5. The van der Waals surface area contributed by atoms with E-state index in [2.05, 4.69) is 10.3 Å². The molecule has 9 heteroatoms. The third-order valence-electron chi connectivity index (χ3n) is 5.88. The van der Waals surface area contributed by atoms with Gasteiger partial charge in [0.25, 0.3) is 5.91 Å². The number of aromatic nitrogens is 1. The van der Waals surface area contributed by atoms with Crippen LogP contribution in [0.25, 0.3) is 10.9 Å². The number of carbonyl (C=O) groups excluding carboxylic acids is 3. The van der Waals surface area contributed by atoms with Gasteiger partial charge in [0, 0.05) is 41.4 Å². The maximum absolute atomic E-state index is 14.3. The number of hydrogen-bond acceptors (Lipinski definition) is 4. The number of nitrogens with one attached hydrogen (secondary N) is 2. The van der Waals surface area contributed by atoms with Gasteiger partial charge in [-0.15, -0.1) is 11.8 Å². The molecule has 4 amide bonds. The van der Waals surface area contributed by atoms with Crippen molar-refractivity contribution in [2.75, 3.05) is 18.8 Å². The Kier molecular flexibility index (Phi) is 5.34. The van der Waals surface area contributed by atoms with Crippen molar-refractivity contribution in [1.29, 1.82) is 0 Å². The van der Waals surface area contributed by atoms with Crippen LogP contribution in [-0.2, 0) is 16.0 Å². The zero-order chi connectivity index (χ0) is 22.2. The zero-order valence-electron chi connectivity index (χ0n) is 17.1. The molecule has 1 aromatic heterocycles. The van der Waals surface area contributed by atoms with E-state index in [0.29, 0.717) is 24.3 Å². The van der Waals surface area contributed by atoms with Crippen LogP contribution in [-0.4, -0.2) is 57.5 Å². The SMILES string of the molecule is O=C1N[C@@H](Cc2c[nH]c3ccccc23)C(=O)N1CC(=O)N1CCS[C@@H]1c1ccccc1F. The lowest BCUT2D eigenvalue weighted by Gasteiger charge is -2.26. The number of hydrogen-bond donors (Lipinski definition) is 2. The summed E-state index contributed by atoms with van der Waals surface area (Å²) in [5, 5.41) is 3.22. The minimum atomic E-state index is -0.732. The van der Waals surface area contributed by atoms with Crippen molar-refractivity contribution in [2.45, 2.75) is 17.8 Å². The Morgan fingerprint density at radius 3 is 2.75 bits per heavy atom. The quantitative estimate of drug-likeness (QED) is 0.583. The van der Waals surface area contributed by atoms with Gasteiger partial charge in [0.2, 0.25) is 5.91 Å². The molecule has 3 heterocycles. The lowest BCUT2D eigenvalue weighted by atomic mass is 10.1. The molecule has 2 fully saturated rings. The number of nitrogens with zero attached hydrogens (tertiary/aromatic N) is 2. The third-order valence-corrected chi connectivity index (χ3v) is 7.12. The van der Waals surface area contributed by atoms with Gasteiger partial charge in [0.1, 0.15) is 23.8 Å². The van der Waals surface area contributed by atoms with Crippen LogP contribution in [0.2, 0.25) is 0 Å². The number of carbonyl (C=O) groups is 3. The van der Waals surface area contributed by atoms with Crippen molar-refractivity contribution < 1.29 is 18.8 Å². The Bertz CT molecular complexity index is 1210. The van der Waals surface area contributed by atoms with E-state index in [9.17, 15) is 18.8 Å². The highest BCUT2D eigenvalue weighted by Crippen LogP contribution is 2.39. The molecule has 2 aliphatic rings. The molecule has 32 heavy (non-hydrogen) atoms. The molecule has 0 radical (unpaired) electrons. The molecule has 2 atom stereocenters. The van der Waals surface area contributed by atoms with Crippen LogP contribution in [0.1, 0.15) is 16.5 Å². The summed E-state index contributed by atoms with van der Waals surface area (Å²) < 4.78 is 14.3. The fourth-order valence-corrected chi connectivity index (χ4v) is 5.57. The second kappa shape index (κ2) is 8.31. The molecule has 0 saturated carbocycles. The number of amides is 4. The van der Waals surface area contributed by atoms with Gasteiger partial charge in [0.15, 0.2) is 0 Å². The van der Waals surface area contributed by atoms with E-state index in [1.807, 2.05) is 30.5 Å². The Labute approximate surface area is 187 Å². The number of thioether (sulfide) groups is 1. The van der Waals surface area contributed by atoms with Crippen LogP contribution >= 0.6 is 11.8 Å². The molecule has 0 unspecified atom stereocenters. The highest BCUT2D eigenvalue weighted by Gasteiger charge is 2.41. The maximum Gasteiger partial charge on any atom is 0.325 e. The molecular formula is C23H21FN4O3S. The minimum Gasteiger partial charge on any atom is -0.361 e. The zero-order valence-corrected chi connectivity index (χ0v) is 17.9. The number of fused-ring (bicyclic) bond motifs is 1. The fraction of sp³-hybridized carbons (Fsp3) is 0.261. The molecule has 7 nitrogen and oxygen atoms in total. The van der Waals surface area contributed by atoms with E-state index in [1.165, 1.54) is 22.7 Å². The van der Waals surface area contributed by atoms with Crippen molar-refractivity contribution in [3.8, 4) is 0 Å². The van der Waals surface area contributed by atoms with Crippen molar-refractivity contribution >= 4 is 40.5 Å². The standard InChI is InChI=1S/C23H21FN4O3S/c24-17-7-3-1-6-16(17)22-27(9-10-32-22)20(29)13-28-21(30)19(26-23(28)31)11-14-12-25-18-8-4-2-5-15(14)18/h1-8,12,19,22,25H,9-11,13H2,(H,26,31)/t19-,22+/m0/s1. The van der Waals surface area contributed by atoms with E-state index in [1.54, 1.807) is 18.2 Å². The van der Waals surface area contributed by atoms with Gasteiger partial charge in [-0.3, -0.25) is 14.5 Å². The number of para-hydroxylation sites is 1. The van der Waals surface area contributed by atoms with Gasteiger partial charge in [-0.25, -0.2) is 9.18 Å². The van der Waals surface area contributed by atoms with Crippen LogP contribution in [0.15, 0.2) is 54.7 Å². The number of aromatic amines is 1. The highest BCUT2D eigenvalue weighted by molar-refractivity contribution is 7.99. The van der Waals surface area contributed by atoms with E-state index < -0.39 is 23.4 Å². The van der Waals surface area contributed by atoms with Crippen LogP contribution in [0.3, 0.4) is 0 Å². The lowest BCUT2D eigenvalue weighted by molar-refractivity contribution is -0.137. The van der Waals surface area contributed by atoms with Gasteiger partial charge >= 0.3 is 6.03 Å². The van der Waals surface area contributed by atoms with Gasteiger partial charge in [-0.05, 0) is 17.7 Å². The fourth-order valence-electron chi connectivity index (χ4n) is 4.27. The third kappa shape index (κ3) is 3.62. The highest BCUT2D eigenvalue weighted by atomic mass is 32.2. The van der Waals surface area contributed by atoms with Crippen molar-refractivity contribution in [3.63, 3.8) is 0 Å². The average molecular weight is 453 g/mol. The summed E-state index contributed by atoms with van der Waals surface area (Å²) in [6.45, 7) is 0.0749. The van der Waals surface area contributed by atoms with Crippen LogP contribution < -0.4 is 5.32 Å². The van der Waals surface area contributed by atoms with Gasteiger partial charge in [-0.2, -0.15) is 0 Å². The molecule has 2 N–H and O–H groups in total. The van der Waals surface area contributed by atoms with Crippen LogP contribution in [0.5, 0.6) is 0 Å². The van der Waals surface area contributed by atoms with Crippen molar-refractivity contribution in [3.05, 3.63) is 71.7 Å². The van der Waals surface area contributed by atoms with Gasteiger partial charge < -0.3 is 15.2 Å². The molecular weight excluding hydrogens is 431 g/mol. The minimum absolute atomic E-state index is 0.330. The predicted molar refractivity (Wildman–Crippen MR) is 119 cm³/mol. The molecule has 0 aliphatic carbocycles. The Morgan fingerprint density at radius 1 is 1.12 bits per heavy atom. The van der Waals surface area contributed by atoms with E-state index in [4.69, 9.17) is 0 Å². The lowest BCUT2D eigenvalue weighted by Crippen LogP contribution is -2.43. The van der Waals surface area contributed by atoms with E-state index in [-0.39, 0.29) is 18.3 Å². The van der Waals surface area contributed by atoms with Gasteiger partial charge in [0.05, 0.1) is 0 Å². The largest absolute Gasteiger partial charge is 0.361 e. The van der Waals surface area contributed by atoms with Crippen LogP contribution in [0, 0.1) is 5.82 Å². The average Bonchev–Trinajstić information content (AvgIpc) is 3.50. The summed E-state index contributed by atoms with van der Waals surface area (Å²) >= 11 is 1.47. The Morgan fingerprint density at radius 2 is 1.91 bits per heavy atom. The summed E-state index contributed by atoms with van der Waals surface area (Å²) in [6.07, 6.45) is 2.16. The number of rotatable bonds is 5. The molecule has 2 aromatic carbocycles. The second-order valence-corrected chi connectivity index (χ2v) is 9.01. The molecule has 5 rings (SSSR count). The Hall–Kier alpha value is -3.33. The number of urea groups is 1. The molecule has 0 bridgehead atoms. The molecule has 164 valence electrons. The molecule has 2 aliphatic heterocycles. The predicted octanol–water partition coefficient (Wildman–Crippen LogP) is 3.04.